The molecule has 0 aliphatic rings. The number of nitrogens with zero attached hydrogens (tertiary/aromatic N) is 1. The van der Waals surface area contributed by atoms with Crippen LogP contribution in [0.15, 0.2) is 12.4 Å². The highest BCUT2D eigenvalue weighted by Crippen LogP contribution is 2.26. The maximum absolute atomic E-state index is 10.7. The minimum Gasteiger partial charge on any atom is -0.619 e. The van der Waals surface area contributed by atoms with Crippen molar-refractivity contribution in [2.75, 3.05) is 5.43 Å². The molecule has 0 aliphatic carbocycles. The zero-order valence-electron chi connectivity index (χ0n) is 5.34. The lowest BCUT2D eigenvalue weighted by Gasteiger charge is -2.04. The molecule has 11 heavy (non-hydrogen) atoms. The van der Waals surface area contributed by atoms with E-state index in [0.29, 0.717) is 10.4 Å². The van der Waals surface area contributed by atoms with Gasteiger partial charge in [0.05, 0.1) is 5.69 Å². The highest BCUT2D eigenvalue weighted by molar-refractivity contribution is 6.38. The number of nitrogens with two attached hydrogens (primary N) is 1. The molecule has 4 nitrogen and oxygen atoms in total. The number of rotatable bonds is 1. The fourth-order valence-electron chi connectivity index (χ4n) is 0.642. The fourth-order valence-corrected chi connectivity index (χ4v) is 1.20. The molecular formula is C5H5Cl2N3O. The number of halogens is 2. The first-order chi connectivity index (χ1) is 5.15. The summed E-state index contributed by atoms with van der Waals surface area (Å²) in [4.78, 5) is 0. The average Bonchev–Trinajstić information content (AvgIpc) is 1.85. The quantitative estimate of drug-likeness (QED) is 0.302. The number of hydrogen-bond donors (Lipinski definition) is 2. The van der Waals surface area contributed by atoms with Gasteiger partial charge in [0.15, 0.2) is 0 Å². The maximum atomic E-state index is 10.7. The van der Waals surface area contributed by atoms with Gasteiger partial charge in [-0.25, -0.2) is 0 Å². The Morgan fingerprint density at radius 2 is 1.82 bits per heavy atom. The number of hydrazine groups is 1. The first-order valence-corrected chi connectivity index (χ1v) is 3.45. The van der Waals surface area contributed by atoms with Crippen molar-refractivity contribution in [3.8, 4) is 0 Å². The van der Waals surface area contributed by atoms with Crippen molar-refractivity contribution >= 4 is 28.9 Å². The summed E-state index contributed by atoms with van der Waals surface area (Å²) < 4.78 is 0.505. The van der Waals surface area contributed by atoms with Crippen molar-refractivity contribution in [1.29, 1.82) is 0 Å². The molecule has 1 aromatic rings. The van der Waals surface area contributed by atoms with Gasteiger partial charge in [-0.1, -0.05) is 23.2 Å². The minimum absolute atomic E-state index is 0.190. The Labute approximate surface area is 73.1 Å². The van der Waals surface area contributed by atoms with Crippen LogP contribution in [0.2, 0.25) is 10.0 Å². The van der Waals surface area contributed by atoms with E-state index >= 15 is 0 Å². The number of nitrogen functional groups attached to an aromatic ring is 1. The van der Waals surface area contributed by atoms with E-state index < -0.39 is 0 Å². The van der Waals surface area contributed by atoms with Crippen LogP contribution in [-0.2, 0) is 0 Å². The van der Waals surface area contributed by atoms with Gasteiger partial charge >= 0.3 is 0 Å². The second kappa shape index (κ2) is 3.13. The maximum Gasteiger partial charge on any atom is 0.201 e. The second-order valence-corrected chi connectivity index (χ2v) is 2.65. The monoisotopic (exact) mass is 193 g/mol. The molecule has 0 unspecified atom stereocenters. The Kier molecular flexibility index (Phi) is 2.38. The van der Waals surface area contributed by atoms with Gasteiger partial charge in [-0.2, -0.15) is 4.73 Å². The molecule has 0 aromatic carbocycles. The van der Waals surface area contributed by atoms with E-state index in [4.69, 9.17) is 29.0 Å². The summed E-state index contributed by atoms with van der Waals surface area (Å²) >= 11 is 11.2. The zero-order valence-corrected chi connectivity index (χ0v) is 6.86. The SMILES string of the molecule is NNc1c(Cl)c[n+]([O-])cc1Cl. The Hall–Kier alpha value is -0.710. The van der Waals surface area contributed by atoms with E-state index in [1.54, 1.807) is 0 Å². The summed E-state index contributed by atoms with van der Waals surface area (Å²) in [6, 6.07) is 0. The van der Waals surface area contributed by atoms with Gasteiger partial charge in [-0.05, 0) is 0 Å². The molecule has 6 heteroatoms. The van der Waals surface area contributed by atoms with Gasteiger partial charge in [-0.15, -0.1) is 0 Å². The molecule has 1 rings (SSSR count). The largest absolute Gasteiger partial charge is 0.619 e. The van der Waals surface area contributed by atoms with Crippen LogP contribution in [0.3, 0.4) is 0 Å². The lowest BCUT2D eigenvalue weighted by Crippen LogP contribution is -2.25. The predicted molar refractivity (Wildman–Crippen MR) is 43.2 cm³/mol. The van der Waals surface area contributed by atoms with Crippen LogP contribution in [0.5, 0.6) is 0 Å². The van der Waals surface area contributed by atoms with Crippen molar-refractivity contribution in [1.82, 2.24) is 0 Å². The number of hydrogen-bond acceptors (Lipinski definition) is 3. The predicted octanol–water partition coefficient (Wildman–Crippen LogP) is 0.912. The molecule has 0 radical (unpaired) electrons. The zero-order chi connectivity index (χ0) is 8.43. The van der Waals surface area contributed by atoms with Crippen LogP contribution < -0.4 is 16.0 Å². The Morgan fingerprint density at radius 1 is 1.36 bits per heavy atom. The van der Waals surface area contributed by atoms with Crippen LogP contribution in [0.1, 0.15) is 0 Å². The highest BCUT2D eigenvalue weighted by atomic mass is 35.5. The normalized spacial score (nSPS) is 9.73. The van der Waals surface area contributed by atoms with Crippen LogP contribution in [0.25, 0.3) is 0 Å². The van der Waals surface area contributed by atoms with Crippen LogP contribution >= 0.6 is 23.2 Å². The number of nitrogens with one attached hydrogen (secondary N) is 1. The molecule has 0 saturated carbocycles. The van der Waals surface area contributed by atoms with Gasteiger partial charge in [0.1, 0.15) is 10.0 Å². The molecule has 1 aromatic heterocycles. The minimum atomic E-state index is 0.190. The molecular weight excluding hydrogens is 189 g/mol. The highest BCUT2D eigenvalue weighted by Gasteiger charge is 2.08. The second-order valence-electron chi connectivity index (χ2n) is 1.83. The van der Waals surface area contributed by atoms with Gasteiger partial charge < -0.3 is 10.6 Å². The number of aromatic nitrogens is 1. The summed E-state index contributed by atoms with van der Waals surface area (Å²) in [5, 5.41) is 11.0. The van der Waals surface area contributed by atoms with Crippen molar-refractivity contribution in [2.24, 2.45) is 5.84 Å². The average molecular weight is 194 g/mol. The molecule has 0 amide bonds. The summed E-state index contributed by atoms with van der Waals surface area (Å²) in [5.41, 5.74) is 2.62. The topological polar surface area (TPSA) is 65.0 Å². The van der Waals surface area contributed by atoms with E-state index in [-0.39, 0.29) is 10.0 Å². The van der Waals surface area contributed by atoms with E-state index in [9.17, 15) is 5.21 Å². The van der Waals surface area contributed by atoms with Crippen molar-refractivity contribution < 1.29 is 4.73 Å². The van der Waals surface area contributed by atoms with Crippen LogP contribution in [-0.4, -0.2) is 0 Å². The third-order valence-corrected chi connectivity index (χ3v) is 1.68. The molecule has 1 heterocycles. The van der Waals surface area contributed by atoms with Gasteiger partial charge in [-0.3, -0.25) is 5.84 Å². The molecule has 60 valence electrons. The smallest absolute Gasteiger partial charge is 0.201 e. The van der Waals surface area contributed by atoms with Crippen molar-refractivity contribution in [3.05, 3.63) is 27.6 Å². The van der Waals surface area contributed by atoms with Gasteiger partial charge in [0.25, 0.3) is 0 Å². The standard InChI is InChI=1S/C5H5Cl2N3O/c6-3-1-10(11)2-4(7)5(3)9-8/h1-2,9H,8H2. The van der Waals surface area contributed by atoms with E-state index in [1.807, 2.05) is 0 Å². The lowest BCUT2D eigenvalue weighted by molar-refractivity contribution is -0.605. The van der Waals surface area contributed by atoms with Crippen molar-refractivity contribution in [3.63, 3.8) is 0 Å². The summed E-state index contributed by atoms with van der Waals surface area (Å²) in [7, 11) is 0. The van der Waals surface area contributed by atoms with Crippen LogP contribution in [0.4, 0.5) is 5.69 Å². The van der Waals surface area contributed by atoms with E-state index in [1.165, 1.54) is 0 Å². The Morgan fingerprint density at radius 3 is 2.18 bits per heavy atom. The van der Waals surface area contributed by atoms with E-state index in [0.717, 1.165) is 12.4 Å². The first kappa shape index (κ1) is 8.39. The van der Waals surface area contributed by atoms with Gasteiger partial charge in [0.2, 0.25) is 12.4 Å². The molecule has 0 fully saturated rings. The fraction of sp³-hybridized carbons (Fsp3) is 0. The summed E-state index contributed by atoms with van der Waals surface area (Å²) in [6.45, 7) is 0. The third-order valence-electron chi connectivity index (χ3n) is 1.10. The van der Waals surface area contributed by atoms with E-state index in [2.05, 4.69) is 5.43 Å². The molecule has 3 N–H and O–H groups in total. The molecule has 0 aliphatic heterocycles. The molecule has 0 bridgehead atoms. The molecule has 0 spiro atoms. The number of anilines is 1. The Bertz CT molecular complexity index is 255. The van der Waals surface area contributed by atoms with Crippen molar-refractivity contribution in [2.45, 2.75) is 0 Å². The Balaban J connectivity index is 3.25. The molecule has 0 saturated heterocycles. The number of pyridine rings is 1. The van der Waals surface area contributed by atoms with Crippen LogP contribution in [0, 0.1) is 5.21 Å². The lowest BCUT2D eigenvalue weighted by atomic mass is 10.4. The summed E-state index contributed by atoms with van der Waals surface area (Å²) in [6.07, 6.45) is 2.31. The van der Waals surface area contributed by atoms with Gasteiger partial charge in [0, 0.05) is 0 Å². The first-order valence-electron chi connectivity index (χ1n) is 2.69. The third kappa shape index (κ3) is 1.65. The molecule has 0 atom stereocenters. The summed E-state index contributed by atoms with van der Waals surface area (Å²) in [5.74, 6) is 5.07.